The molecule has 0 aromatic heterocycles. The van der Waals surface area contributed by atoms with E-state index in [9.17, 15) is 9.59 Å². The second-order valence-electron chi connectivity index (χ2n) is 6.98. The number of aliphatic carboxylic acids is 2. The molecule has 0 amide bonds. The Morgan fingerprint density at radius 2 is 1.32 bits per heavy atom. The fraction of sp³-hybridized carbons (Fsp3) is 0.652. The zero-order valence-corrected chi connectivity index (χ0v) is 17.9. The first-order valence-electron chi connectivity index (χ1n) is 10.5. The van der Waals surface area contributed by atoms with E-state index in [0.717, 1.165) is 44.9 Å². The number of carboxylic acids is 2. The Bertz CT molecular complexity index is 473. The molecule has 0 fully saturated rings. The molecule has 1 atom stereocenters. The number of carbonyl (C=O) groups is 2. The van der Waals surface area contributed by atoms with Gasteiger partial charge in [0.2, 0.25) is 0 Å². The van der Waals surface area contributed by atoms with Crippen LogP contribution in [0.15, 0.2) is 30.3 Å². The molecule has 1 aromatic rings. The summed E-state index contributed by atoms with van der Waals surface area (Å²) in [6.45, 7) is 6.58. The van der Waals surface area contributed by atoms with E-state index in [0.29, 0.717) is 6.42 Å². The first-order chi connectivity index (χ1) is 13.4. The maximum Gasteiger partial charge on any atom is 0.307 e. The number of hydrogen-bond acceptors (Lipinski definition) is 3. The van der Waals surface area contributed by atoms with Gasteiger partial charge in [0.05, 0.1) is 12.3 Å². The quantitative estimate of drug-likeness (QED) is 0.395. The van der Waals surface area contributed by atoms with E-state index in [-0.39, 0.29) is 13.0 Å². The number of aryl methyl sites for hydroxylation is 1. The van der Waals surface area contributed by atoms with Gasteiger partial charge in [-0.15, -0.1) is 0 Å². The molecule has 0 bridgehead atoms. The number of aliphatic hydroxyl groups excluding tert-OH is 1. The number of benzene rings is 1. The predicted octanol–water partition coefficient (Wildman–Crippen LogP) is 5.69. The fourth-order valence-electron chi connectivity index (χ4n) is 2.44. The van der Waals surface area contributed by atoms with E-state index in [2.05, 4.69) is 32.9 Å². The van der Waals surface area contributed by atoms with Gasteiger partial charge in [0.25, 0.3) is 0 Å². The Morgan fingerprint density at radius 3 is 1.68 bits per heavy atom. The van der Waals surface area contributed by atoms with Crippen molar-refractivity contribution in [3.05, 3.63) is 35.9 Å². The topological polar surface area (TPSA) is 94.8 Å². The minimum Gasteiger partial charge on any atom is -0.481 e. The van der Waals surface area contributed by atoms with E-state index in [4.69, 9.17) is 15.3 Å². The third-order valence-electron chi connectivity index (χ3n) is 3.92. The van der Waals surface area contributed by atoms with Gasteiger partial charge in [-0.25, -0.2) is 0 Å². The maximum absolute atomic E-state index is 10.8. The third-order valence-corrected chi connectivity index (χ3v) is 3.92. The van der Waals surface area contributed by atoms with Crippen LogP contribution in [0.1, 0.15) is 83.6 Å². The van der Waals surface area contributed by atoms with Crippen molar-refractivity contribution in [3.63, 3.8) is 0 Å². The first-order valence-corrected chi connectivity index (χ1v) is 10.5. The molecule has 0 radical (unpaired) electrons. The van der Waals surface area contributed by atoms with Crippen LogP contribution >= 0.6 is 0 Å². The highest BCUT2D eigenvalue weighted by Crippen LogP contribution is 2.16. The molecule has 0 saturated carbocycles. The molecular formula is C23H40O5. The second kappa shape index (κ2) is 21.4. The van der Waals surface area contributed by atoms with Gasteiger partial charge in [-0.05, 0) is 19.8 Å². The molecule has 0 aliphatic rings. The van der Waals surface area contributed by atoms with Gasteiger partial charge < -0.3 is 15.3 Å². The Balaban J connectivity index is 0. The van der Waals surface area contributed by atoms with Crippen LogP contribution in [-0.2, 0) is 9.59 Å². The van der Waals surface area contributed by atoms with Gasteiger partial charge in [0, 0.05) is 6.61 Å². The van der Waals surface area contributed by atoms with Crippen LogP contribution < -0.4 is 0 Å². The number of unbranched alkanes of at least 4 members (excludes halogenated alkanes) is 6. The molecule has 0 aliphatic heterocycles. The molecule has 1 unspecified atom stereocenters. The van der Waals surface area contributed by atoms with E-state index < -0.39 is 17.9 Å². The fourth-order valence-corrected chi connectivity index (χ4v) is 2.44. The van der Waals surface area contributed by atoms with E-state index >= 15 is 0 Å². The molecule has 0 saturated heterocycles. The van der Waals surface area contributed by atoms with Crippen molar-refractivity contribution in [2.75, 3.05) is 6.61 Å². The molecular weight excluding hydrogens is 356 g/mol. The van der Waals surface area contributed by atoms with Gasteiger partial charge in [-0.2, -0.15) is 0 Å². The van der Waals surface area contributed by atoms with Crippen molar-refractivity contribution < 1.29 is 24.9 Å². The summed E-state index contributed by atoms with van der Waals surface area (Å²) in [7, 11) is 0. The van der Waals surface area contributed by atoms with E-state index in [1.54, 1.807) is 0 Å². The number of rotatable bonds is 12. The van der Waals surface area contributed by atoms with E-state index in [1.807, 2.05) is 18.2 Å². The highest BCUT2D eigenvalue weighted by Gasteiger charge is 2.19. The van der Waals surface area contributed by atoms with Gasteiger partial charge in [-0.1, -0.05) is 94.7 Å². The highest BCUT2D eigenvalue weighted by atomic mass is 16.4. The van der Waals surface area contributed by atoms with E-state index in [1.165, 1.54) is 12.0 Å². The molecule has 0 aliphatic carbocycles. The van der Waals surface area contributed by atoms with Gasteiger partial charge in [0.15, 0.2) is 0 Å². The lowest BCUT2D eigenvalue weighted by Gasteiger charge is -2.09. The van der Waals surface area contributed by atoms with Crippen LogP contribution in [0.25, 0.3) is 0 Å². The third kappa shape index (κ3) is 22.2. The average Bonchev–Trinajstić information content (AvgIpc) is 2.64. The Labute approximate surface area is 170 Å². The molecule has 1 rings (SSSR count). The monoisotopic (exact) mass is 396 g/mol. The summed E-state index contributed by atoms with van der Waals surface area (Å²) >= 11 is 0. The van der Waals surface area contributed by atoms with Gasteiger partial charge in [0.1, 0.15) is 0 Å². The van der Waals surface area contributed by atoms with Gasteiger partial charge >= 0.3 is 11.9 Å². The number of carboxylic acid groups (broad SMARTS) is 2. The van der Waals surface area contributed by atoms with Crippen LogP contribution in [-0.4, -0.2) is 33.9 Å². The predicted molar refractivity (Wildman–Crippen MR) is 115 cm³/mol. The summed E-state index contributed by atoms with van der Waals surface area (Å²) in [4.78, 5) is 21.3. The maximum atomic E-state index is 10.8. The Hall–Kier alpha value is -1.88. The minimum atomic E-state index is -1.05. The van der Waals surface area contributed by atoms with Crippen molar-refractivity contribution >= 4 is 11.9 Å². The number of hydrogen-bond donors (Lipinski definition) is 3. The van der Waals surface area contributed by atoms with Crippen LogP contribution in [0, 0.1) is 12.8 Å². The molecule has 162 valence electrons. The smallest absolute Gasteiger partial charge is 0.307 e. The molecule has 3 N–H and O–H groups in total. The van der Waals surface area contributed by atoms with Crippen molar-refractivity contribution in [1.29, 1.82) is 0 Å². The lowest BCUT2D eigenvalue weighted by atomic mass is 9.97. The SMILES string of the molecule is CCC.Cc1ccccc1.O=C(O)CC(CCCCCCCCCO)C(=O)O. The second-order valence-corrected chi connectivity index (χ2v) is 6.98. The van der Waals surface area contributed by atoms with Crippen LogP contribution in [0.5, 0.6) is 0 Å². The van der Waals surface area contributed by atoms with Crippen LogP contribution in [0.3, 0.4) is 0 Å². The summed E-state index contributed by atoms with van der Waals surface area (Å²) in [5.41, 5.74) is 1.32. The molecule has 28 heavy (non-hydrogen) atoms. The summed E-state index contributed by atoms with van der Waals surface area (Å²) in [6.07, 6.45) is 8.24. The minimum absolute atomic E-state index is 0.246. The van der Waals surface area contributed by atoms with Gasteiger partial charge in [-0.3, -0.25) is 9.59 Å². The summed E-state index contributed by atoms with van der Waals surface area (Å²) in [5, 5.41) is 26.0. The average molecular weight is 397 g/mol. The summed E-state index contributed by atoms with van der Waals surface area (Å²) in [5.74, 6) is -2.82. The van der Waals surface area contributed by atoms with Crippen molar-refractivity contribution in [3.8, 4) is 0 Å². The van der Waals surface area contributed by atoms with Crippen molar-refractivity contribution in [1.82, 2.24) is 0 Å². The van der Waals surface area contributed by atoms with Crippen molar-refractivity contribution in [2.45, 2.75) is 85.0 Å². The first kappa shape index (κ1) is 28.3. The summed E-state index contributed by atoms with van der Waals surface area (Å²) in [6, 6.07) is 10.3. The molecule has 0 heterocycles. The normalized spacial score (nSPS) is 10.7. The molecule has 5 nitrogen and oxygen atoms in total. The highest BCUT2D eigenvalue weighted by molar-refractivity contribution is 5.77. The lowest BCUT2D eigenvalue weighted by Crippen LogP contribution is -2.17. The molecule has 5 heteroatoms. The van der Waals surface area contributed by atoms with Crippen LogP contribution in [0.2, 0.25) is 0 Å². The largest absolute Gasteiger partial charge is 0.481 e. The molecule has 0 spiro atoms. The zero-order valence-electron chi connectivity index (χ0n) is 17.9. The molecule has 1 aromatic carbocycles. The zero-order chi connectivity index (χ0) is 21.6. The Kier molecular flexibility index (Phi) is 21.7. The summed E-state index contributed by atoms with van der Waals surface area (Å²) < 4.78 is 0. The lowest BCUT2D eigenvalue weighted by molar-refractivity contribution is -0.148. The number of aliphatic hydroxyl groups is 1. The Morgan fingerprint density at radius 1 is 0.857 bits per heavy atom. The standard InChI is InChI=1S/C13H24O5.C7H8.C3H8/c14-9-7-5-3-1-2-4-6-8-11(13(17)18)10-12(15)16;1-7-5-3-2-4-6-7;1-3-2/h11,14H,1-10H2,(H,15,16)(H,17,18);2-6H,1H3;3H2,1-2H3. The van der Waals surface area contributed by atoms with Crippen LogP contribution in [0.4, 0.5) is 0 Å². The van der Waals surface area contributed by atoms with Crippen molar-refractivity contribution in [2.24, 2.45) is 5.92 Å².